The minimum atomic E-state index is -3.72. The Morgan fingerprint density at radius 3 is 2.48 bits per heavy atom. The minimum absolute atomic E-state index is 0.0270. The maximum absolute atomic E-state index is 11.9. The molecule has 110 valence electrons. The Kier molecular flexibility index (Phi) is 5.02. The number of sulfonamides is 1. The zero-order valence-corrected chi connectivity index (χ0v) is 14.5. The lowest BCUT2D eigenvalue weighted by Gasteiger charge is -2.04. The van der Waals surface area contributed by atoms with Crippen LogP contribution in [-0.4, -0.2) is 19.7 Å². The summed E-state index contributed by atoms with van der Waals surface area (Å²) in [7, 11) is -3.72. The highest BCUT2D eigenvalue weighted by Gasteiger charge is 2.11. The van der Waals surface area contributed by atoms with Crippen molar-refractivity contribution < 1.29 is 13.5 Å². The van der Waals surface area contributed by atoms with Crippen LogP contribution in [0, 0.1) is 0 Å². The van der Waals surface area contributed by atoms with E-state index >= 15 is 0 Å². The number of nitrogens with one attached hydrogen (secondary N) is 1. The van der Waals surface area contributed by atoms with E-state index in [9.17, 15) is 13.5 Å². The van der Waals surface area contributed by atoms with Crippen molar-refractivity contribution in [3.05, 3.63) is 57.0 Å². The second-order valence-electron chi connectivity index (χ2n) is 3.99. The number of nitrogens with zero attached hydrogens (tertiary/aromatic N) is 1. The fourth-order valence-corrected chi connectivity index (χ4v) is 3.57. The van der Waals surface area contributed by atoms with E-state index in [4.69, 9.17) is 0 Å². The van der Waals surface area contributed by atoms with E-state index in [1.807, 2.05) is 0 Å². The van der Waals surface area contributed by atoms with Gasteiger partial charge in [0, 0.05) is 10.0 Å². The third kappa shape index (κ3) is 4.05. The monoisotopic (exact) mass is 432 g/mol. The van der Waals surface area contributed by atoms with Gasteiger partial charge in [0.15, 0.2) is 0 Å². The molecular formula is C13H10Br2N2O3S. The first-order valence-corrected chi connectivity index (χ1v) is 8.75. The van der Waals surface area contributed by atoms with Crippen LogP contribution in [0.15, 0.2) is 61.4 Å². The average molecular weight is 434 g/mol. The van der Waals surface area contributed by atoms with Crippen LogP contribution in [0.5, 0.6) is 5.75 Å². The molecule has 8 heteroatoms. The molecule has 21 heavy (non-hydrogen) atoms. The van der Waals surface area contributed by atoms with Gasteiger partial charge in [-0.1, -0.05) is 34.1 Å². The third-order valence-electron chi connectivity index (χ3n) is 2.49. The van der Waals surface area contributed by atoms with Gasteiger partial charge in [-0.3, -0.25) is 0 Å². The summed E-state index contributed by atoms with van der Waals surface area (Å²) in [5.74, 6) is -0.0270. The SMILES string of the molecule is O=S(=O)(N/N=C\c1cc(Br)cc(Br)c1O)c1ccccc1. The number of phenolic OH excluding ortho intramolecular Hbond substituents is 1. The van der Waals surface area contributed by atoms with Gasteiger partial charge >= 0.3 is 0 Å². The third-order valence-corrected chi connectivity index (χ3v) is 4.79. The first-order chi connectivity index (χ1) is 9.90. The molecule has 0 fully saturated rings. The van der Waals surface area contributed by atoms with Crippen molar-refractivity contribution >= 4 is 48.1 Å². The molecule has 0 amide bonds. The average Bonchev–Trinajstić information content (AvgIpc) is 2.45. The Hall–Kier alpha value is -1.38. The van der Waals surface area contributed by atoms with E-state index in [0.717, 1.165) is 4.47 Å². The summed E-state index contributed by atoms with van der Waals surface area (Å²) < 4.78 is 25.1. The number of halogens is 2. The van der Waals surface area contributed by atoms with Crippen molar-refractivity contribution in [2.75, 3.05) is 0 Å². The molecule has 0 aliphatic heterocycles. The molecule has 2 aromatic rings. The topological polar surface area (TPSA) is 78.8 Å². The molecular weight excluding hydrogens is 424 g/mol. The molecule has 2 aromatic carbocycles. The Balaban J connectivity index is 2.20. The zero-order valence-electron chi connectivity index (χ0n) is 10.5. The van der Waals surface area contributed by atoms with Crippen LogP contribution in [-0.2, 0) is 10.0 Å². The van der Waals surface area contributed by atoms with Crippen molar-refractivity contribution in [2.24, 2.45) is 5.10 Å². The van der Waals surface area contributed by atoms with E-state index in [2.05, 4.69) is 41.8 Å². The van der Waals surface area contributed by atoms with Crippen LogP contribution in [0.4, 0.5) is 0 Å². The number of hydrogen-bond donors (Lipinski definition) is 2. The normalized spacial score (nSPS) is 11.7. The Bertz CT molecular complexity index is 778. The van der Waals surface area contributed by atoms with Gasteiger partial charge in [-0.25, -0.2) is 4.83 Å². The van der Waals surface area contributed by atoms with Gasteiger partial charge in [0.1, 0.15) is 5.75 Å². The Morgan fingerprint density at radius 2 is 1.81 bits per heavy atom. The molecule has 0 heterocycles. The molecule has 5 nitrogen and oxygen atoms in total. The molecule has 0 spiro atoms. The van der Waals surface area contributed by atoms with Crippen LogP contribution in [0.1, 0.15) is 5.56 Å². The fourth-order valence-electron chi connectivity index (χ4n) is 1.50. The maximum atomic E-state index is 11.9. The Labute approximate surface area is 139 Å². The fraction of sp³-hybridized carbons (Fsp3) is 0. The van der Waals surface area contributed by atoms with Gasteiger partial charge < -0.3 is 5.11 Å². The Morgan fingerprint density at radius 1 is 1.14 bits per heavy atom. The lowest BCUT2D eigenvalue weighted by molar-refractivity contribution is 0.471. The molecule has 0 radical (unpaired) electrons. The summed E-state index contributed by atoms with van der Waals surface area (Å²) in [5.41, 5.74) is 0.368. The molecule has 0 unspecified atom stereocenters. The second-order valence-corrected chi connectivity index (χ2v) is 7.42. The summed E-state index contributed by atoms with van der Waals surface area (Å²) in [6.07, 6.45) is 1.23. The van der Waals surface area contributed by atoms with Crippen molar-refractivity contribution in [3.63, 3.8) is 0 Å². The van der Waals surface area contributed by atoms with Crippen molar-refractivity contribution in [2.45, 2.75) is 4.90 Å². The predicted molar refractivity (Wildman–Crippen MR) is 87.9 cm³/mol. The van der Waals surface area contributed by atoms with E-state index in [0.29, 0.717) is 10.0 Å². The van der Waals surface area contributed by atoms with Gasteiger partial charge in [0.05, 0.1) is 15.6 Å². The van der Waals surface area contributed by atoms with Crippen LogP contribution in [0.25, 0.3) is 0 Å². The van der Waals surface area contributed by atoms with E-state index in [1.54, 1.807) is 30.3 Å². The molecule has 0 saturated carbocycles. The standard InChI is InChI=1S/C13H10Br2N2O3S/c14-10-6-9(13(18)12(15)7-10)8-16-17-21(19,20)11-4-2-1-3-5-11/h1-8,17-18H/b16-8-. The van der Waals surface area contributed by atoms with Gasteiger partial charge in [0.25, 0.3) is 10.0 Å². The summed E-state index contributed by atoms with van der Waals surface area (Å²) in [6, 6.07) is 11.2. The molecule has 0 saturated heterocycles. The second kappa shape index (κ2) is 6.59. The summed E-state index contributed by atoms with van der Waals surface area (Å²) >= 11 is 6.46. The summed E-state index contributed by atoms with van der Waals surface area (Å²) in [6.45, 7) is 0. The van der Waals surface area contributed by atoms with Gasteiger partial charge in [0.2, 0.25) is 0 Å². The van der Waals surface area contributed by atoms with Crippen LogP contribution >= 0.6 is 31.9 Å². The van der Waals surface area contributed by atoms with E-state index < -0.39 is 10.0 Å². The van der Waals surface area contributed by atoms with Gasteiger partial charge in [-0.15, -0.1) is 0 Å². The highest BCUT2D eigenvalue weighted by atomic mass is 79.9. The summed E-state index contributed by atoms with van der Waals surface area (Å²) in [5, 5.41) is 13.5. The maximum Gasteiger partial charge on any atom is 0.276 e. The molecule has 2 rings (SSSR count). The zero-order chi connectivity index (χ0) is 15.5. The number of rotatable bonds is 4. The highest BCUT2D eigenvalue weighted by molar-refractivity contribution is 9.11. The van der Waals surface area contributed by atoms with Crippen LogP contribution in [0.3, 0.4) is 0 Å². The number of benzene rings is 2. The molecule has 2 N–H and O–H groups in total. The lowest BCUT2D eigenvalue weighted by Crippen LogP contribution is -2.18. The van der Waals surface area contributed by atoms with Crippen molar-refractivity contribution in [1.29, 1.82) is 0 Å². The first kappa shape index (κ1) is 16.0. The first-order valence-electron chi connectivity index (χ1n) is 5.68. The van der Waals surface area contributed by atoms with Gasteiger partial charge in [-0.2, -0.15) is 13.5 Å². The number of aromatic hydroxyl groups is 1. The number of hydrogen-bond acceptors (Lipinski definition) is 4. The number of hydrazone groups is 1. The van der Waals surface area contributed by atoms with Crippen LogP contribution < -0.4 is 4.83 Å². The molecule has 0 aliphatic rings. The summed E-state index contributed by atoms with van der Waals surface area (Å²) in [4.78, 5) is 2.20. The quantitative estimate of drug-likeness (QED) is 0.573. The largest absolute Gasteiger partial charge is 0.506 e. The molecule has 0 atom stereocenters. The number of phenols is 1. The van der Waals surface area contributed by atoms with Crippen molar-refractivity contribution in [1.82, 2.24) is 4.83 Å². The van der Waals surface area contributed by atoms with E-state index in [-0.39, 0.29) is 10.6 Å². The predicted octanol–water partition coefficient (Wildman–Crippen LogP) is 3.23. The van der Waals surface area contributed by atoms with Gasteiger partial charge in [-0.05, 0) is 40.2 Å². The lowest BCUT2D eigenvalue weighted by atomic mass is 10.2. The minimum Gasteiger partial charge on any atom is -0.506 e. The molecule has 0 bridgehead atoms. The molecule has 0 aliphatic carbocycles. The van der Waals surface area contributed by atoms with Crippen LogP contribution in [0.2, 0.25) is 0 Å². The van der Waals surface area contributed by atoms with Crippen molar-refractivity contribution in [3.8, 4) is 5.75 Å². The molecule has 0 aromatic heterocycles. The highest BCUT2D eigenvalue weighted by Crippen LogP contribution is 2.30. The smallest absolute Gasteiger partial charge is 0.276 e. The van der Waals surface area contributed by atoms with E-state index in [1.165, 1.54) is 18.3 Å².